The Morgan fingerprint density at radius 1 is 1.45 bits per heavy atom. The van der Waals surface area contributed by atoms with E-state index < -0.39 is 5.97 Å². The number of ether oxygens (including phenoxy) is 2. The van der Waals surface area contributed by atoms with Crippen molar-refractivity contribution in [1.29, 1.82) is 5.26 Å². The number of azide groups is 1. The molecule has 0 aliphatic rings. The lowest BCUT2D eigenvalue weighted by Crippen LogP contribution is -2.10. The Bertz CT molecular complexity index is 616. The molecule has 0 aromatic heterocycles. The summed E-state index contributed by atoms with van der Waals surface area (Å²) in [6.45, 7) is 4.49. The number of nitrogens with zero attached hydrogens (tertiary/aromatic N) is 4. The smallest absolute Gasteiger partial charge is 0.341 e. The summed E-state index contributed by atoms with van der Waals surface area (Å²) in [6.07, 6.45) is 1.69. The van der Waals surface area contributed by atoms with Crippen LogP contribution in [0.25, 0.3) is 10.4 Å². The van der Waals surface area contributed by atoms with Crippen molar-refractivity contribution < 1.29 is 14.3 Å². The second kappa shape index (κ2) is 9.27. The first-order valence-electron chi connectivity index (χ1n) is 7.05. The Morgan fingerprint density at radius 3 is 2.82 bits per heavy atom. The molecule has 1 aromatic carbocycles. The van der Waals surface area contributed by atoms with Crippen molar-refractivity contribution in [2.45, 2.75) is 33.2 Å². The Morgan fingerprint density at radius 2 is 2.23 bits per heavy atom. The van der Waals surface area contributed by atoms with E-state index in [0.29, 0.717) is 24.5 Å². The summed E-state index contributed by atoms with van der Waals surface area (Å²) in [6, 6.07) is 4.96. The van der Waals surface area contributed by atoms with Gasteiger partial charge in [-0.15, -0.1) is 0 Å². The van der Waals surface area contributed by atoms with Crippen LogP contribution in [0.5, 0.6) is 5.75 Å². The topological polar surface area (TPSA) is 108 Å². The van der Waals surface area contributed by atoms with E-state index in [4.69, 9.17) is 15.0 Å². The molecule has 1 rings (SSSR count). The first-order chi connectivity index (χ1) is 10.7. The monoisotopic (exact) mass is 302 g/mol. The number of rotatable bonds is 8. The molecule has 0 heterocycles. The third-order valence-electron chi connectivity index (χ3n) is 2.88. The lowest BCUT2D eigenvalue weighted by atomic mass is 10.0. The molecule has 0 radical (unpaired) electrons. The number of hydrogen-bond donors (Lipinski definition) is 0. The maximum absolute atomic E-state index is 12.1. The van der Waals surface area contributed by atoms with E-state index >= 15 is 0 Å². The number of nitriles is 1. The van der Waals surface area contributed by atoms with Gasteiger partial charge in [0.2, 0.25) is 0 Å². The SMILES string of the molecule is CCCCOC(=O)c1cc(C#N)c(CN=[N+]=[N-])cc1OCC. The van der Waals surface area contributed by atoms with Gasteiger partial charge in [-0.3, -0.25) is 0 Å². The van der Waals surface area contributed by atoms with Gasteiger partial charge in [0.05, 0.1) is 31.4 Å². The van der Waals surface area contributed by atoms with Gasteiger partial charge >= 0.3 is 5.97 Å². The highest BCUT2D eigenvalue weighted by molar-refractivity contribution is 5.93. The highest BCUT2D eigenvalue weighted by Gasteiger charge is 2.18. The molecule has 0 atom stereocenters. The van der Waals surface area contributed by atoms with Gasteiger partial charge < -0.3 is 9.47 Å². The summed E-state index contributed by atoms with van der Waals surface area (Å²) in [5.74, 6) is -0.199. The number of esters is 1. The van der Waals surface area contributed by atoms with Crippen molar-refractivity contribution in [3.05, 3.63) is 39.3 Å². The van der Waals surface area contributed by atoms with Crippen molar-refractivity contribution in [3.63, 3.8) is 0 Å². The average molecular weight is 302 g/mol. The predicted octanol–water partition coefficient (Wildman–Crippen LogP) is 3.72. The quantitative estimate of drug-likeness (QED) is 0.239. The van der Waals surface area contributed by atoms with Crippen molar-refractivity contribution >= 4 is 5.97 Å². The highest BCUT2D eigenvalue weighted by Crippen LogP contribution is 2.25. The van der Waals surface area contributed by atoms with Gasteiger partial charge in [-0.2, -0.15) is 5.26 Å². The standard InChI is InChI=1S/C15H18N4O3/c1-3-5-6-22-15(20)13-7-11(9-16)12(10-18-19-17)8-14(13)21-4-2/h7-8H,3-6,10H2,1-2H3. The first kappa shape index (κ1) is 17.3. The molecule has 0 amide bonds. The molecule has 0 aliphatic carbocycles. The van der Waals surface area contributed by atoms with Crippen molar-refractivity contribution in [3.8, 4) is 11.8 Å². The van der Waals surface area contributed by atoms with Gasteiger partial charge in [-0.05, 0) is 36.6 Å². The van der Waals surface area contributed by atoms with Crippen LogP contribution in [-0.4, -0.2) is 19.2 Å². The van der Waals surface area contributed by atoms with Gasteiger partial charge in [-0.1, -0.05) is 18.5 Å². The molecule has 1 aromatic rings. The van der Waals surface area contributed by atoms with Crippen LogP contribution in [0.3, 0.4) is 0 Å². The summed E-state index contributed by atoms with van der Waals surface area (Å²) >= 11 is 0. The average Bonchev–Trinajstić information content (AvgIpc) is 2.53. The molecule has 0 saturated carbocycles. The number of hydrogen-bond acceptors (Lipinski definition) is 5. The van der Waals surface area contributed by atoms with E-state index in [0.717, 1.165) is 12.8 Å². The summed E-state index contributed by atoms with van der Waals surface area (Å²) in [5.41, 5.74) is 9.38. The van der Waals surface area contributed by atoms with Gasteiger partial charge in [0, 0.05) is 4.91 Å². The molecule has 0 spiro atoms. The number of carbonyl (C=O) groups excluding carboxylic acids is 1. The molecular weight excluding hydrogens is 284 g/mol. The minimum Gasteiger partial charge on any atom is -0.493 e. The molecule has 0 N–H and O–H groups in total. The van der Waals surface area contributed by atoms with Gasteiger partial charge in [0.1, 0.15) is 11.3 Å². The molecule has 7 nitrogen and oxygen atoms in total. The zero-order valence-electron chi connectivity index (χ0n) is 12.7. The van der Waals surface area contributed by atoms with Gasteiger partial charge in [0.25, 0.3) is 0 Å². The molecule has 0 saturated heterocycles. The van der Waals surface area contributed by atoms with E-state index in [9.17, 15) is 10.1 Å². The molecule has 0 unspecified atom stereocenters. The molecular formula is C15H18N4O3. The maximum Gasteiger partial charge on any atom is 0.341 e. The van der Waals surface area contributed by atoms with E-state index in [1.807, 2.05) is 13.0 Å². The largest absolute Gasteiger partial charge is 0.493 e. The lowest BCUT2D eigenvalue weighted by molar-refractivity contribution is 0.0495. The van der Waals surface area contributed by atoms with E-state index in [-0.39, 0.29) is 17.7 Å². The number of carbonyl (C=O) groups is 1. The zero-order valence-corrected chi connectivity index (χ0v) is 12.7. The number of benzene rings is 1. The summed E-state index contributed by atoms with van der Waals surface area (Å²) in [7, 11) is 0. The van der Waals surface area contributed by atoms with E-state index in [2.05, 4.69) is 10.0 Å². The van der Waals surface area contributed by atoms with Crippen LogP contribution in [0.1, 0.15) is 48.2 Å². The minimum absolute atomic E-state index is 0.0185. The van der Waals surface area contributed by atoms with Crippen LogP contribution in [-0.2, 0) is 11.3 Å². The fourth-order valence-electron chi connectivity index (χ4n) is 1.79. The third-order valence-corrected chi connectivity index (χ3v) is 2.88. The molecule has 7 heteroatoms. The second-order valence-corrected chi connectivity index (χ2v) is 4.43. The Labute approximate surface area is 129 Å². The van der Waals surface area contributed by atoms with Gasteiger partial charge in [0.15, 0.2) is 0 Å². The summed E-state index contributed by atoms with van der Waals surface area (Å²) in [5, 5.41) is 12.6. The Kier molecular flexibility index (Phi) is 7.31. The van der Waals surface area contributed by atoms with Crippen LogP contribution >= 0.6 is 0 Å². The first-order valence-corrected chi connectivity index (χ1v) is 7.05. The van der Waals surface area contributed by atoms with Crippen molar-refractivity contribution in [2.75, 3.05) is 13.2 Å². The molecule has 0 aliphatic heterocycles. The molecule has 0 fully saturated rings. The van der Waals surface area contributed by atoms with Crippen LogP contribution in [0.2, 0.25) is 0 Å². The van der Waals surface area contributed by atoms with Crippen LogP contribution < -0.4 is 4.74 Å². The fourth-order valence-corrected chi connectivity index (χ4v) is 1.79. The lowest BCUT2D eigenvalue weighted by Gasteiger charge is -2.12. The third kappa shape index (κ3) is 4.69. The Hall–Kier alpha value is -2.71. The van der Waals surface area contributed by atoms with Crippen molar-refractivity contribution in [1.82, 2.24) is 0 Å². The van der Waals surface area contributed by atoms with Crippen LogP contribution in [0.15, 0.2) is 17.2 Å². The van der Waals surface area contributed by atoms with Crippen LogP contribution in [0, 0.1) is 11.3 Å². The minimum atomic E-state index is -0.524. The van der Waals surface area contributed by atoms with Crippen molar-refractivity contribution in [2.24, 2.45) is 5.11 Å². The summed E-state index contributed by atoms with van der Waals surface area (Å²) < 4.78 is 10.6. The maximum atomic E-state index is 12.1. The molecule has 22 heavy (non-hydrogen) atoms. The predicted molar refractivity (Wildman–Crippen MR) is 80.4 cm³/mol. The Balaban J connectivity index is 3.16. The molecule has 116 valence electrons. The fraction of sp³-hybridized carbons (Fsp3) is 0.467. The normalized spacial score (nSPS) is 9.50. The van der Waals surface area contributed by atoms with E-state index in [1.165, 1.54) is 6.07 Å². The van der Waals surface area contributed by atoms with Gasteiger partial charge in [-0.25, -0.2) is 4.79 Å². The highest BCUT2D eigenvalue weighted by atomic mass is 16.5. The van der Waals surface area contributed by atoms with Crippen LogP contribution in [0.4, 0.5) is 0 Å². The van der Waals surface area contributed by atoms with E-state index in [1.54, 1.807) is 13.0 Å². The second-order valence-electron chi connectivity index (χ2n) is 4.43. The molecule has 0 bridgehead atoms. The summed E-state index contributed by atoms with van der Waals surface area (Å²) in [4.78, 5) is 14.8. The number of unbranched alkanes of at least 4 members (excludes halogenated alkanes) is 1. The zero-order chi connectivity index (χ0) is 16.4.